The van der Waals surface area contributed by atoms with Gasteiger partial charge in [-0.3, -0.25) is 5.01 Å². The van der Waals surface area contributed by atoms with Gasteiger partial charge in [-0.25, -0.2) is 9.07 Å². The maximum absolute atomic E-state index is 13.6. The van der Waals surface area contributed by atoms with E-state index in [1.165, 1.54) is 12.1 Å². The number of para-hydroxylation sites is 2. The van der Waals surface area contributed by atoms with Crippen molar-refractivity contribution in [1.29, 1.82) is 0 Å². The summed E-state index contributed by atoms with van der Waals surface area (Å²) in [7, 11) is 0. The molecule has 1 atom stereocenters. The summed E-state index contributed by atoms with van der Waals surface area (Å²) >= 11 is 6.19. The van der Waals surface area contributed by atoms with Gasteiger partial charge in [-0.05, 0) is 54.1 Å². The first kappa shape index (κ1) is 22.3. The van der Waals surface area contributed by atoms with Crippen LogP contribution in [0.5, 0.6) is 0 Å². The Morgan fingerprint density at radius 3 is 2.00 bits per heavy atom. The van der Waals surface area contributed by atoms with Crippen LogP contribution in [0.15, 0.2) is 120 Å². The van der Waals surface area contributed by atoms with E-state index in [2.05, 4.69) is 6.20 Å². The Morgan fingerprint density at radius 1 is 0.722 bits per heavy atom. The number of hydrogen-bond donors (Lipinski definition) is 0. The molecule has 0 spiro atoms. The fraction of sp³-hybridized carbons (Fsp3) is 0.0667. The van der Waals surface area contributed by atoms with Crippen molar-refractivity contribution in [3.8, 4) is 16.9 Å². The second-order valence-corrected chi connectivity index (χ2v) is 9.11. The third-order valence-corrected chi connectivity index (χ3v) is 6.60. The fourth-order valence-corrected chi connectivity index (χ4v) is 4.69. The first-order valence-corrected chi connectivity index (χ1v) is 12.1. The molecule has 0 radical (unpaired) electrons. The normalized spacial score (nSPS) is 15.2. The predicted octanol–water partition coefficient (Wildman–Crippen LogP) is 7.69. The molecule has 0 saturated heterocycles. The fourth-order valence-electron chi connectivity index (χ4n) is 4.56. The highest BCUT2D eigenvalue weighted by molar-refractivity contribution is 6.30. The number of benzene rings is 4. The van der Waals surface area contributed by atoms with E-state index in [1.54, 1.807) is 12.1 Å². The van der Waals surface area contributed by atoms with Gasteiger partial charge in [0.15, 0.2) is 0 Å². The molecular weight excluding hydrogens is 471 g/mol. The average Bonchev–Trinajstić information content (AvgIpc) is 3.56. The summed E-state index contributed by atoms with van der Waals surface area (Å²) < 4.78 is 15.5. The van der Waals surface area contributed by atoms with Crippen molar-refractivity contribution in [2.45, 2.75) is 12.5 Å². The quantitative estimate of drug-likeness (QED) is 0.252. The largest absolute Gasteiger partial charge is 0.257 e. The molecule has 1 aromatic heterocycles. The van der Waals surface area contributed by atoms with Crippen molar-refractivity contribution in [3.63, 3.8) is 0 Å². The lowest BCUT2D eigenvalue weighted by atomic mass is 9.96. The van der Waals surface area contributed by atoms with Crippen LogP contribution in [0.3, 0.4) is 0 Å². The summed E-state index contributed by atoms with van der Waals surface area (Å²) in [4.78, 5) is 0. The van der Waals surface area contributed by atoms with Crippen molar-refractivity contribution in [2.24, 2.45) is 5.10 Å². The van der Waals surface area contributed by atoms with E-state index in [-0.39, 0.29) is 11.9 Å². The molecule has 0 N–H and O–H groups in total. The van der Waals surface area contributed by atoms with Crippen molar-refractivity contribution >= 4 is 23.0 Å². The van der Waals surface area contributed by atoms with E-state index in [0.717, 1.165) is 39.5 Å². The SMILES string of the molecule is Fc1ccc(C2=NN(c3ccccc3)C(c3cn(-c4ccccc4)nc3-c3ccc(Cl)cc3)C2)cc1. The molecule has 6 heteroatoms. The zero-order valence-electron chi connectivity index (χ0n) is 19.3. The van der Waals surface area contributed by atoms with Crippen LogP contribution in [-0.4, -0.2) is 15.5 Å². The minimum absolute atomic E-state index is 0.101. The molecule has 0 aliphatic carbocycles. The highest BCUT2D eigenvalue weighted by Crippen LogP contribution is 2.40. The molecule has 0 amide bonds. The van der Waals surface area contributed by atoms with E-state index < -0.39 is 0 Å². The van der Waals surface area contributed by atoms with Crippen molar-refractivity contribution in [1.82, 2.24) is 9.78 Å². The van der Waals surface area contributed by atoms with Gasteiger partial charge in [-0.1, -0.05) is 72.3 Å². The molecule has 0 fully saturated rings. The Labute approximate surface area is 213 Å². The number of anilines is 1. The topological polar surface area (TPSA) is 33.4 Å². The lowest BCUT2D eigenvalue weighted by Crippen LogP contribution is -2.18. The van der Waals surface area contributed by atoms with Crippen LogP contribution in [-0.2, 0) is 0 Å². The Hall–Kier alpha value is -4.22. The Balaban J connectivity index is 1.49. The van der Waals surface area contributed by atoms with Crippen LogP contribution >= 0.6 is 11.6 Å². The van der Waals surface area contributed by atoms with Gasteiger partial charge >= 0.3 is 0 Å². The highest BCUT2D eigenvalue weighted by Gasteiger charge is 2.33. The van der Waals surface area contributed by atoms with Crippen LogP contribution in [0.2, 0.25) is 5.02 Å². The summed E-state index contributed by atoms with van der Waals surface area (Å²) in [6, 6.07) is 34.3. The average molecular weight is 493 g/mol. The molecule has 5 aromatic rings. The summed E-state index contributed by atoms with van der Waals surface area (Å²) in [5.74, 6) is -0.261. The minimum atomic E-state index is -0.261. The smallest absolute Gasteiger partial charge is 0.123 e. The Bertz CT molecular complexity index is 1510. The third kappa shape index (κ3) is 4.30. The Kier molecular flexibility index (Phi) is 5.84. The van der Waals surface area contributed by atoms with Gasteiger partial charge in [-0.15, -0.1) is 0 Å². The zero-order chi connectivity index (χ0) is 24.5. The van der Waals surface area contributed by atoms with E-state index in [4.69, 9.17) is 21.8 Å². The van der Waals surface area contributed by atoms with Crippen LogP contribution in [0.4, 0.5) is 10.1 Å². The maximum Gasteiger partial charge on any atom is 0.123 e. The van der Waals surface area contributed by atoms with Gasteiger partial charge in [0, 0.05) is 28.8 Å². The summed E-state index contributed by atoms with van der Waals surface area (Å²) in [5.41, 5.74) is 6.66. The molecule has 0 bridgehead atoms. The first-order valence-electron chi connectivity index (χ1n) is 11.7. The second-order valence-electron chi connectivity index (χ2n) is 8.67. The van der Waals surface area contributed by atoms with E-state index in [0.29, 0.717) is 11.4 Å². The Morgan fingerprint density at radius 2 is 1.33 bits per heavy atom. The molecule has 1 aliphatic rings. The van der Waals surface area contributed by atoms with Gasteiger partial charge in [-0.2, -0.15) is 10.2 Å². The van der Waals surface area contributed by atoms with E-state index in [9.17, 15) is 4.39 Å². The zero-order valence-corrected chi connectivity index (χ0v) is 20.1. The molecule has 36 heavy (non-hydrogen) atoms. The molecule has 4 aromatic carbocycles. The van der Waals surface area contributed by atoms with Crippen LogP contribution in [0.1, 0.15) is 23.6 Å². The molecule has 2 heterocycles. The summed E-state index contributed by atoms with van der Waals surface area (Å²) in [5, 5.41) is 12.7. The summed E-state index contributed by atoms with van der Waals surface area (Å²) in [6.45, 7) is 0. The highest BCUT2D eigenvalue weighted by atomic mass is 35.5. The lowest BCUT2D eigenvalue weighted by Gasteiger charge is -2.23. The van der Waals surface area contributed by atoms with Crippen molar-refractivity contribution < 1.29 is 4.39 Å². The van der Waals surface area contributed by atoms with Gasteiger partial charge < -0.3 is 0 Å². The van der Waals surface area contributed by atoms with E-state index >= 15 is 0 Å². The number of rotatable bonds is 5. The number of nitrogens with zero attached hydrogens (tertiary/aromatic N) is 4. The number of aromatic nitrogens is 2. The molecule has 1 unspecified atom stereocenters. The molecule has 176 valence electrons. The minimum Gasteiger partial charge on any atom is -0.257 e. The molecular formula is C30H22ClFN4. The number of hydrazone groups is 1. The van der Waals surface area contributed by atoms with Gasteiger partial charge in [0.2, 0.25) is 0 Å². The summed E-state index contributed by atoms with van der Waals surface area (Å²) in [6.07, 6.45) is 2.74. The molecule has 1 aliphatic heterocycles. The van der Waals surface area contributed by atoms with Gasteiger partial charge in [0.25, 0.3) is 0 Å². The van der Waals surface area contributed by atoms with Gasteiger partial charge in [0.05, 0.1) is 28.8 Å². The standard InChI is InChI=1S/C30H22ClFN4/c31-23-15-11-22(12-16-23)30-27(20-35(34-30)25-7-3-1-4-8-25)29-19-28(21-13-17-24(32)18-14-21)33-36(29)26-9-5-2-6-10-26/h1-18,20,29H,19H2. The van der Waals surface area contributed by atoms with Crippen LogP contribution in [0, 0.1) is 5.82 Å². The van der Waals surface area contributed by atoms with Crippen molar-refractivity contribution in [3.05, 3.63) is 137 Å². The predicted molar refractivity (Wildman–Crippen MR) is 143 cm³/mol. The lowest BCUT2D eigenvalue weighted by molar-refractivity contribution is 0.627. The van der Waals surface area contributed by atoms with E-state index in [1.807, 2.05) is 94.6 Å². The van der Waals surface area contributed by atoms with Crippen LogP contribution in [0.25, 0.3) is 16.9 Å². The second kappa shape index (κ2) is 9.44. The molecule has 4 nitrogen and oxygen atoms in total. The third-order valence-electron chi connectivity index (χ3n) is 6.35. The monoisotopic (exact) mass is 492 g/mol. The molecule has 0 saturated carbocycles. The molecule has 6 rings (SSSR count). The van der Waals surface area contributed by atoms with Crippen LogP contribution < -0.4 is 5.01 Å². The first-order chi connectivity index (χ1) is 17.7. The maximum atomic E-state index is 13.6. The van der Waals surface area contributed by atoms with Gasteiger partial charge in [0.1, 0.15) is 5.82 Å². The number of halogens is 2. The number of hydrogen-bond acceptors (Lipinski definition) is 3. The van der Waals surface area contributed by atoms with Crippen molar-refractivity contribution in [2.75, 3.05) is 5.01 Å².